The summed E-state index contributed by atoms with van der Waals surface area (Å²) in [6, 6.07) is 6.54. The van der Waals surface area contributed by atoms with Gasteiger partial charge in [-0.15, -0.1) is 0 Å². The van der Waals surface area contributed by atoms with Gasteiger partial charge in [-0.1, -0.05) is 24.8 Å². The third kappa shape index (κ3) is 10.1. The molecule has 19 nitrogen and oxygen atoms in total. The van der Waals surface area contributed by atoms with Gasteiger partial charge < -0.3 is 30.1 Å². The van der Waals surface area contributed by atoms with Gasteiger partial charge in [0, 0.05) is 56.9 Å². The van der Waals surface area contributed by atoms with Gasteiger partial charge in [-0.3, -0.25) is 44.1 Å². The number of benzene rings is 1. The van der Waals surface area contributed by atoms with E-state index in [1.807, 2.05) is 32.9 Å². The van der Waals surface area contributed by atoms with Gasteiger partial charge in [0.2, 0.25) is 23.7 Å². The standard InChI is InChI=1S/C42H53N13O6/c1-7-29(37(43)56)23-31-28(6)52(41(45-31)47-39(58)33-21-26(4)49-54(33)8-2)14-10-11-15-53-36-32(46-42(53)48-40(59)34-22-27(5)50-55(34)9-3)24-30(38(44)57)25-35(36)61-18-12-13-51-16-19-60-20-17-51/h7,10-11,21-25H,6,8-9,12-20H2,1-5H3,(H2,43,56)(H2,44,57)(H,45,47,58)(H,46,48,59)/b11-10+,29-7+,31-23+. The number of allylic oxidation sites excluding steroid dienone is 3. The molecule has 0 aliphatic carbocycles. The molecule has 0 bridgehead atoms. The summed E-state index contributed by atoms with van der Waals surface area (Å²) in [6.07, 6.45) is 7.49. The summed E-state index contributed by atoms with van der Waals surface area (Å²) in [5.74, 6) is -1.39. The normalized spacial score (nSPS) is 14.0. The molecule has 6 N–H and O–H groups in total. The fraction of sp³-hybridized carbons (Fsp3) is 0.381. The number of fused-ring (bicyclic) bond motifs is 1. The lowest BCUT2D eigenvalue weighted by atomic mass is 10.1. The summed E-state index contributed by atoms with van der Waals surface area (Å²) in [5, 5.41) is 15.4. The maximum Gasteiger partial charge on any atom is 0.276 e. The van der Waals surface area contributed by atoms with Crippen molar-refractivity contribution in [1.29, 1.82) is 0 Å². The first-order valence-electron chi connectivity index (χ1n) is 20.2. The molecule has 0 spiro atoms. The van der Waals surface area contributed by atoms with Crippen molar-refractivity contribution >= 4 is 59.2 Å². The zero-order valence-corrected chi connectivity index (χ0v) is 35.2. The van der Waals surface area contributed by atoms with Crippen molar-refractivity contribution < 1.29 is 28.7 Å². The molecule has 4 aromatic heterocycles. The van der Waals surface area contributed by atoms with Gasteiger partial charge in [-0.05, 0) is 71.4 Å². The topological polar surface area (TPSA) is 237 Å². The van der Waals surface area contributed by atoms with Crippen molar-refractivity contribution in [1.82, 2.24) is 43.6 Å². The summed E-state index contributed by atoms with van der Waals surface area (Å²) >= 11 is 0. The molecule has 5 aromatic rings. The second-order valence-electron chi connectivity index (χ2n) is 14.4. The quantitative estimate of drug-likeness (QED) is 0.0565. The zero-order chi connectivity index (χ0) is 43.8. The van der Waals surface area contributed by atoms with E-state index in [0.29, 0.717) is 89.6 Å². The molecule has 4 amide bonds. The average Bonchev–Trinajstić information content (AvgIpc) is 3.99. The molecule has 0 saturated carbocycles. The number of morpholine rings is 1. The summed E-state index contributed by atoms with van der Waals surface area (Å²) in [4.78, 5) is 63.7. The molecule has 5 heterocycles. The fourth-order valence-electron chi connectivity index (χ4n) is 7.04. The van der Waals surface area contributed by atoms with Crippen LogP contribution in [0.25, 0.3) is 23.7 Å². The minimum Gasteiger partial charge on any atom is -0.491 e. The Morgan fingerprint density at radius 2 is 1.46 bits per heavy atom. The summed E-state index contributed by atoms with van der Waals surface area (Å²) in [7, 11) is 0. The van der Waals surface area contributed by atoms with E-state index in [4.69, 9.17) is 25.9 Å². The lowest BCUT2D eigenvalue weighted by Crippen LogP contribution is -2.37. The molecule has 1 aliphatic rings. The van der Waals surface area contributed by atoms with Crippen LogP contribution in [0.4, 0.5) is 11.9 Å². The third-order valence-electron chi connectivity index (χ3n) is 10.1. The van der Waals surface area contributed by atoms with Gasteiger partial charge >= 0.3 is 0 Å². The van der Waals surface area contributed by atoms with Crippen LogP contribution in [0.1, 0.15) is 69.9 Å². The Bertz CT molecular complexity index is 2620. The van der Waals surface area contributed by atoms with Crippen LogP contribution in [0.5, 0.6) is 5.75 Å². The van der Waals surface area contributed by atoms with Gasteiger partial charge in [-0.25, -0.2) is 9.97 Å². The smallest absolute Gasteiger partial charge is 0.276 e. The molecule has 19 heteroatoms. The Morgan fingerprint density at radius 1 is 0.869 bits per heavy atom. The van der Waals surface area contributed by atoms with E-state index < -0.39 is 23.6 Å². The van der Waals surface area contributed by atoms with Crippen molar-refractivity contribution in [2.24, 2.45) is 11.5 Å². The molecule has 0 unspecified atom stereocenters. The van der Waals surface area contributed by atoms with Crippen molar-refractivity contribution in [3.63, 3.8) is 0 Å². The highest BCUT2D eigenvalue weighted by Gasteiger charge is 2.22. The van der Waals surface area contributed by atoms with E-state index in [1.54, 1.807) is 62.7 Å². The Balaban J connectivity index is 1.36. The third-order valence-corrected chi connectivity index (χ3v) is 10.1. The van der Waals surface area contributed by atoms with E-state index in [2.05, 4.69) is 37.3 Å². The number of imidazole rings is 2. The van der Waals surface area contributed by atoms with Gasteiger partial charge in [0.05, 0.1) is 47.4 Å². The van der Waals surface area contributed by atoms with Gasteiger partial charge in [-0.2, -0.15) is 10.2 Å². The molecular formula is C42H53N13O6. The predicted molar refractivity (Wildman–Crippen MR) is 230 cm³/mol. The summed E-state index contributed by atoms with van der Waals surface area (Å²) in [5.41, 5.74) is 14.8. The van der Waals surface area contributed by atoms with Gasteiger partial charge in [0.15, 0.2) is 0 Å². The molecule has 0 atom stereocenters. The van der Waals surface area contributed by atoms with Crippen molar-refractivity contribution in [2.45, 2.75) is 67.2 Å². The number of aromatic nitrogens is 8. The SMILES string of the molecule is C=c1/c(=C\C(=C/C)C(N)=O)nc(NC(=O)c2cc(C)nn2CC)n1C/C=C/Cn1c(NC(=O)c2cc(C)nn2CC)nc2cc(C(N)=O)cc(OCCCN3CCOCC3)c21. The first-order valence-corrected chi connectivity index (χ1v) is 20.2. The second-order valence-corrected chi connectivity index (χ2v) is 14.4. The number of carbonyl (C=O) groups excluding carboxylic acids is 4. The fourth-order valence-corrected chi connectivity index (χ4v) is 7.04. The molecular weight excluding hydrogens is 783 g/mol. The molecule has 322 valence electrons. The highest BCUT2D eigenvalue weighted by atomic mass is 16.5. The summed E-state index contributed by atoms with van der Waals surface area (Å²) in [6.45, 7) is 18.8. The molecule has 61 heavy (non-hydrogen) atoms. The maximum absolute atomic E-state index is 13.8. The number of anilines is 2. The van der Waals surface area contributed by atoms with E-state index in [9.17, 15) is 19.2 Å². The lowest BCUT2D eigenvalue weighted by molar-refractivity contribution is -0.114. The van der Waals surface area contributed by atoms with E-state index in [0.717, 1.165) is 19.6 Å². The van der Waals surface area contributed by atoms with E-state index in [1.165, 1.54) is 6.08 Å². The number of hydrogen-bond acceptors (Lipinski definition) is 11. The average molecular weight is 836 g/mol. The number of aryl methyl sites for hydroxylation is 4. The number of nitrogens with one attached hydrogen (secondary N) is 2. The second kappa shape index (κ2) is 19.5. The highest BCUT2D eigenvalue weighted by molar-refractivity contribution is 6.04. The molecule has 1 fully saturated rings. The van der Waals surface area contributed by atoms with Crippen LogP contribution in [0.3, 0.4) is 0 Å². The van der Waals surface area contributed by atoms with Crippen LogP contribution in [0.2, 0.25) is 0 Å². The molecule has 1 saturated heterocycles. The predicted octanol–water partition coefficient (Wildman–Crippen LogP) is 1.87. The zero-order valence-electron chi connectivity index (χ0n) is 35.2. The Labute approximate surface area is 352 Å². The Kier molecular flexibility index (Phi) is 14.0. The number of hydrogen-bond donors (Lipinski definition) is 4. The minimum absolute atomic E-state index is 0.180. The van der Waals surface area contributed by atoms with Crippen LogP contribution in [0, 0.1) is 13.8 Å². The largest absolute Gasteiger partial charge is 0.491 e. The summed E-state index contributed by atoms with van der Waals surface area (Å²) < 4.78 is 18.5. The van der Waals surface area contributed by atoms with Crippen LogP contribution in [0.15, 0.2) is 48.1 Å². The van der Waals surface area contributed by atoms with Gasteiger partial charge in [0.25, 0.3) is 11.8 Å². The van der Waals surface area contributed by atoms with Crippen LogP contribution in [-0.2, 0) is 35.7 Å². The monoisotopic (exact) mass is 835 g/mol. The number of amides is 4. The lowest BCUT2D eigenvalue weighted by Gasteiger charge is -2.26. The van der Waals surface area contributed by atoms with Gasteiger partial charge in [0.1, 0.15) is 22.7 Å². The van der Waals surface area contributed by atoms with E-state index in [-0.39, 0.29) is 36.1 Å². The highest BCUT2D eigenvalue weighted by Crippen LogP contribution is 2.31. The first kappa shape index (κ1) is 43.7. The Morgan fingerprint density at radius 3 is 2.02 bits per heavy atom. The molecule has 1 aliphatic heterocycles. The maximum atomic E-state index is 13.8. The molecule has 6 rings (SSSR count). The first-order chi connectivity index (χ1) is 29.3. The van der Waals surface area contributed by atoms with Crippen molar-refractivity contribution in [3.8, 4) is 5.75 Å². The number of nitrogens with two attached hydrogens (primary N) is 2. The number of primary amides is 2. The molecule has 0 radical (unpaired) electrons. The van der Waals surface area contributed by atoms with Crippen molar-refractivity contribution in [3.05, 3.63) is 87.1 Å². The van der Waals surface area contributed by atoms with Crippen LogP contribution in [-0.4, -0.2) is 107 Å². The number of carbonyl (C=O) groups is 4. The van der Waals surface area contributed by atoms with Crippen LogP contribution < -0.4 is 37.5 Å². The number of nitrogens with zero attached hydrogens (tertiary/aromatic N) is 9. The van der Waals surface area contributed by atoms with E-state index >= 15 is 0 Å². The van der Waals surface area contributed by atoms with Crippen LogP contribution >= 0.6 is 0 Å². The molecule has 1 aromatic carbocycles. The number of ether oxygens (including phenoxy) is 2. The number of rotatable bonds is 18. The Hall–Kier alpha value is -6.86. The van der Waals surface area contributed by atoms with Crippen molar-refractivity contribution in [2.75, 3.05) is 50.1 Å². The minimum atomic E-state index is -0.655.